The fraction of sp³-hybridized carbons (Fsp3) is 0.219. The molecular formula is C32H29N7O. The first-order chi connectivity index (χ1) is 19.6. The van der Waals surface area contributed by atoms with Crippen LogP contribution in [0.4, 0.5) is 5.69 Å². The van der Waals surface area contributed by atoms with Crippen molar-refractivity contribution in [2.45, 2.75) is 39.0 Å². The number of nitrogens with one attached hydrogen (secondary N) is 3. The standard InChI is InChI=1S/C32H29N7O/c1-19-7-5-10-21(15-19)24-11-6-12-26-28(24)37-31(36-26)30-29-27(38-39-30)14-13-25(35-29)22-16-23(18-33-17-22)34-32(40)20-8-3-2-4-9-20/h5-7,10-18,20H,2-4,8-9H2,1H3,(H,34,40)(H,36,37)(H,38,39). The zero-order valence-electron chi connectivity index (χ0n) is 22.2. The van der Waals surface area contributed by atoms with E-state index in [2.05, 4.69) is 62.7 Å². The number of anilines is 1. The van der Waals surface area contributed by atoms with Crippen LogP contribution >= 0.6 is 0 Å². The van der Waals surface area contributed by atoms with Gasteiger partial charge in [0.05, 0.1) is 34.1 Å². The average molecular weight is 528 g/mol. The number of para-hydroxylation sites is 1. The van der Waals surface area contributed by atoms with Crippen LogP contribution in [-0.4, -0.2) is 36.0 Å². The first-order valence-corrected chi connectivity index (χ1v) is 13.8. The third kappa shape index (κ3) is 4.51. The highest BCUT2D eigenvalue weighted by atomic mass is 16.1. The number of H-pyrrole nitrogens is 2. The number of aryl methyl sites for hydroxylation is 1. The summed E-state index contributed by atoms with van der Waals surface area (Å²) >= 11 is 0. The summed E-state index contributed by atoms with van der Waals surface area (Å²) in [6.45, 7) is 2.09. The monoisotopic (exact) mass is 527 g/mol. The number of carbonyl (C=O) groups excluding carboxylic acids is 1. The van der Waals surface area contributed by atoms with Gasteiger partial charge in [-0.1, -0.05) is 61.2 Å². The van der Waals surface area contributed by atoms with E-state index in [-0.39, 0.29) is 11.8 Å². The quantitative estimate of drug-likeness (QED) is 0.222. The lowest BCUT2D eigenvalue weighted by Gasteiger charge is -2.20. The number of aromatic amines is 2. The first kappa shape index (κ1) is 24.2. The predicted octanol–water partition coefficient (Wildman–Crippen LogP) is 7.06. The molecule has 1 aliphatic carbocycles. The Balaban J connectivity index is 1.23. The summed E-state index contributed by atoms with van der Waals surface area (Å²) in [4.78, 5) is 30.5. The van der Waals surface area contributed by atoms with Crippen LogP contribution < -0.4 is 5.32 Å². The number of rotatable bonds is 5. The van der Waals surface area contributed by atoms with Gasteiger partial charge in [0.1, 0.15) is 5.52 Å². The molecule has 7 rings (SSSR count). The topological polar surface area (TPSA) is 112 Å². The van der Waals surface area contributed by atoms with Crippen LogP contribution in [0.15, 0.2) is 73.1 Å². The van der Waals surface area contributed by atoms with Gasteiger partial charge in [0.25, 0.3) is 0 Å². The van der Waals surface area contributed by atoms with Crippen LogP contribution in [0.5, 0.6) is 0 Å². The van der Waals surface area contributed by atoms with Crippen molar-refractivity contribution >= 4 is 33.7 Å². The van der Waals surface area contributed by atoms with E-state index in [1.54, 1.807) is 12.4 Å². The van der Waals surface area contributed by atoms with Crippen molar-refractivity contribution in [2.24, 2.45) is 5.92 Å². The smallest absolute Gasteiger partial charge is 0.227 e. The molecule has 1 fully saturated rings. The maximum Gasteiger partial charge on any atom is 0.227 e. The molecule has 0 aliphatic heterocycles. The zero-order chi connectivity index (χ0) is 27.1. The molecule has 0 spiro atoms. The number of pyridine rings is 2. The highest BCUT2D eigenvalue weighted by Crippen LogP contribution is 2.32. The molecular weight excluding hydrogens is 498 g/mol. The van der Waals surface area contributed by atoms with Gasteiger partial charge in [-0.2, -0.15) is 5.10 Å². The number of benzene rings is 2. The highest BCUT2D eigenvalue weighted by Gasteiger charge is 2.21. The van der Waals surface area contributed by atoms with Gasteiger partial charge in [-0.05, 0) is 49.6 Å². The number of carbonyl (C=O) groups is 1. The minimum atomic E-state index is 0.0779. The summed E-state index contributed by atoms with van der Waals surface area (Å²) in [7, 11) is 0. The van der Waals surface area contributed by atoms with E-state index in [0.717, 1.165) is 64.6 Å². The third-order valence-electron chi connectivity index (χ3n) is 7.75. The fourth-order valence-corrected chi connectivity index (χ4v) is 5.67. The minimum Gasteiger partial charge on any atom is -0.336 e. The van der Waals surface area contributed by atoms with E-state index in [9.17, 15) is 4.79 Å². The molecule has 1 saturated carbocycles. The molecule has 40 heavy (non-hydrogen) atoms. The van der Waals surface area contributed by atoms with Crippen molar-refractivity contribution in [1.29, 1.82) is 0 Å². The van der Waals surface area contributed by atoms with E-state index >= 15 is 0 Å². The van der Waals surface area contributed by atoms with Gasteiger partial charge in [-0.3, -0.25) is 14.9 Å². The van der Waals surface area contributed by atoms with Crippen LogP contribution in [0.1, 0.15) is 37.7 Å². The van der Waals surface area contributed by atoms with Crippen molar-refractivity contribution in [2.75, 3.05) is 5.32 Å². The van der Waals surface area contributed by atoms with Crippen molar-refractivity contribution in [3.8, 4) is 33.9 Å². The van der Waals surface area contributed by atoms with Crippen LogP contribution in [-0.2, 0) is 4.79 Å². The maximum absolute atomic E-state index is 12.8. The van der Waals surface area contributed by atoms with E-state index in [4.69, 9.17) is 9.97 Å². The molecule has 1 amide bonds. The minimum absolute atomic E-state index is 0.0779. The first-order valence-electron chi connectivity index (χ1n) is 13.8. The van der Waals surface area contributed by atoms with Crippen molar-refractivity contribution in [3.05, 3.63) is 78.6 Å². The third-order valence-corrected chi connectivity index (χ3v) is 7.75. The molecule has 1 aliphatic rings. The summed E-state index contributed by atoms with van der Waals surface area (Å²) in [5, 5.41) is 10.7. The summed E-state index contributed by atoms with van der Waals surface area (Å²) in [6, 6.07) is 20.4. The lowest BCUT2D eigenvalue weighted by molar-refractivity contribution is -0.120. The lowest BCUT2D eigenvalue weighted by Crippen LogP contribution is -2.24. The summed E-state index contributed by atoms with van der Waals surface area (Å²) in [5.74, 6) is 0.808. The van der Waals surface area contributed by atoms with Crippen molar-refractivity contribution < 1.29 is 4.79 Å². The van der Waals surface area contributed by atoms with Crippen LogP contribution in [0.25, 0.3) is 56.0 Å². The SMILES string of the molecule is Cc1cccc(-c2cccc3[nH]c(-c4n[nH]c5ccc(-c6cncc(NC(=O)C7CCCCC7)c6)nc45)nc23)c1. The number of hydrogen-bond donors (Lipinski definition) is 3. The van der Waals surface area contributed by atoms with Gasteiger partial charge in [-0.25, -0.2) is 9.97 Å². The zero-order valence-corrected chi connectivity index (χ0v) is 22.2. The molecule has 0 unspecified atom stereocenters. The second kappa shape index (κ2) is 10.0. The molecule has 0 bridgehead atoms. The second-order valence-electron chi connectivity index (χ2n) is 10.6. The Morgan fingerprint density at radius 3 is 2.62 bits per heavy atom. The van der Waals surface area contributed by atoms with Gasteiger partial charge in [-0.15, -0.1) is 0 Å². The fourth-order valence-electron chi connectivity index (χ4n) is 5.67. The summed E-state index contributed by atoms with van der Waals surface area (Å²) < 4.78 is 0. The van der Waals surface area contributed by atoms with E-state index in [0.29, 0.717) is 22.7 Å². The van der Waals surface area contributed by atoms with Gasteiger partial charge in [0.15, 0.2) is 11.5 Å². The molecule has 2 aromatic carbocycles. The van der Waals surface area contributed by atoms with E-state index in [1.165, 1.54) is 12.0 Å². The Morgan fingerprint density at radius 2 is 1.75 bits per heavy atom. The molecule has 0 radical (unpaired) electrons. The largest absolute Gasteiger partial charge is 0.336 e. The van der Waals surface area contributed by atoms with Crippen LogP contribution in [0, 0.1) is 12.8 Å². The van der Waals surface area contributed by atoms with Crippen molar-refractivity contribution in [1.82, 2.24) is 30.1 Å². The number of nitrogens with zero attached hydrogens (tertiary/aromatic N) is 4. The molecule has 4 heterocycles. The summed E-state index contributed by atoms with van der Waals surface area (Å²) in [6.07, 6.45) is 8.81. The Bertz CT molecular complexity index is 1860. The van der Waals surface area contributed by atoms with E-state index in [1.807, 2.05) is 30.3 Å². The molecule has 8 nitrogen and oxygen atoms in total. The lowest BCUT2D eigenvalue weighted by atomic mass is 9.88. The van der Waals surface area contributed by atoms with Gasteiger partial charge < -0.3 is 10.3 Å². The Labute approximate surface area is 231 Å². The highest BCUT2D eigenvalue weighted by molar-refractivity contribution is 5.97. The molecule has 3 N–H and O–H groups in total. The van der Waals surface area contributed by atoms with Gasteiger partial charge in [0, 0.05) is 23.2 Å². The number of amides is 1. The number of hydrogen-bond acceptors (Lipinski definition) is 5. The Morgan fingerprint density at radius 1 is 0.875 bits per heavy atom. The Kier molecular flexibility index (Phi) is 6.07. The normalized spacial score (nSPS) is 14.1. The van der Waals surface area contributed by atoms with Gasteiger partial charge in [0.2, 0.25) is 5.91 Å². The molecule has 8 heteroatoms. The summed E-state index contributed by atoms with van der Waals surface area (Å²) in [5.41, 5.74) is 9.64. The van der Waals surface area contributed by atoms with Crippen molar-refractivity contribution in [3.63, 3.8) is 0 Å². The van der Waals surface area contributed by atoms with Crippen LogP contribution in [0.2, 0.25) is 0 Å². The number of aromatic nitrogens is 6. The van der Waals surface area contributed by atoms with Crippen LogP contribution in [0.3, 0.4) is 0 Å². The Hall–Kier alpha value is -4.85. The molecule has 0 atom stereocenters. The molecule has 198 valence electrons. The van der Waals surface area contributed by atoms with Gasteiger partial charge >= 0.3 is 0 Å². The second-order valence-corrected chi connectivity index (χ2v) is 10.6. The number of fused-ring (bicyclic) bond motifs is 2. The molecule has 6 aromatic rings. The number of imidazole rings is 1. The predicted molar refractivity (Wildman–Crippen MR) is 158 cm³/mol. The maximum atomic E-state index is 12.8. The molecule has 4 aromatic heterocycles. The average Bonchev–Trinajstić information content (AvgIpc) is 3.61. The van der Waals surface area contributed by atoms with E-state index < -0.39 is 0 Å². The molecule has 0 saturated heterocycles.